The number of benzene rings is 3. The van der Waals surface area contributed by atoms with E-state index in [4.69, 9.17) is 0 Å². The molecule has 1 aromatic heterocycles. The molecule has 0 amide bonds. The first-order valence-electron chi connectivity index (χ1n) is 7.03. The minimum atomic E-state index is -0.195. The molecule has 0 aliphatic rings. The molecule has 1 heterocycles. The number of hydrogen-bond acceptors (Lipinski definition) is 0. The number of halogens is 1. The summed E-state index contributed by atoms with van der Waals surface area (Å²) in [4.78, 5) is 0. The molecule has 0 N–H and O–H groups in total. The van der Waals surface area contributed by atoms with E-state index in [9.17, 15) is 4.39 Å². The van der Waals surface area contributed by atoms with Gasteiger partial charge in [0.25, 0.3) is 0 Å². The first-order chi connectivity index (χ1) is 10.3. The number of para-hydroxylation sites is 1. The van der Waals surface area contributed by atoms with Gasteiger partial charge in [0.2, 0.25) is 0 Å². The van der Waals surface area contributed by atoms with Gasteiger partial charge in [-0.1, -0.05) is 48.5 Å². The van der Waals surface area contributed by atoms with E-state index in [0.29, 0.717) is 0 Å². The van der Waals surface area contributed by atoms with Crippen LogP contribution < -0.4 is 0 Å². The molecule has 0 aliphatic carbocycles. The Hall–Kier alpha value is -2.61. The van der Waals surface area contributed by atoms with Crippen LogP contribution in [0, 0.1) is 5.82 Å². The minimum absolute atomic E-state index is 0.195. The Bertz CT molecular complexity index is 922. The van der Waals surface area contributed by atoms with Crippen LogP contribution in [-0.4, -0.2) is 4.57 Å². The van der Waals surface area contributed by atoms with Crippen LogP contribution in [0.15, 0.2) is 72.8 Å². The van der Waals surface area contributed by atoms with Gasteiger partial charge in [-0.3, -0.25) is 0 Å². The van der Waals surface area contributed by atoms with E-state index in [1.807, 2.05) is 36.4 Å². The maximum absolute atomic E-state index is 13.7. The third-order valence-electron chi connectivity index (χ3n) is 3.92. The highest BCUT2D eigenvalue weighted by molar-refractivity contribution is 6.08. The van der Waals surface area contributed by atoms with E-state index in [1.54, 1.807) is 6.07 Å². The summed E-state index contributed by atoms with van der Waals surface area (Å²) in [5.41, 5.74) is 3.30. The van der Waals surface area contributed by atoms with Gasteiger partial charge in [-0.15, -0.1) is 0 Å². The molecule has 1 nitrogen and oxygen atoms in total. The molecule has 2 heteroatoms. The van der Waals surface area contributed by atoms with E-state index in [1.165, 1.54) is 17.0 Å². The second-order valence-electron chi connectivity index (χ2n) is 5.25. The van der Waals surface area contributed by atoms with Crippen molar-refractivity contribution in [3.8, 4) is 0 Å². The maximum Gasteiger partial charge on any atom is 0.125 e. The van der Waals surface area contributed by atoms with Crippen LogP contribution >= 0.6 is 0 Å². The zero-order valence-corrected chi connectivity index (χ0v) is 11.5. The fourth-order valence-corrected chi connectivity index (χ4v) is 2.96. The van der Waals surface area contributed by atoms with E-state index in [-0.39, 0.29) is 5.82 Å². The lowest BCUT2D eigenvalue weighted by atomic mass is 10.1. The van der Waals surface area contributed by atoms with Gasteiger partial charge in [-0.25, -0.2) is 4.39 Å². The summed E-state index contributed by atoms with van der Waals surface area (Å²) in [5.74, 6) is -0.195. The van der Waals surface area contributed by atoms with Crippen molar-refractivity contribution in [3.63, 3.8) is 0 Å². The lowest BCUT2D eigenvalue weighted by Crippen LogP contribution is -1.99. The fraction of sp³-hybridized carbons (Fsp3) is 0.0526. The lowest BCUT2D eigenvalue weighted by molar-refractivity contribution is 0.628. The first-order valence-corrected chi connectivity index (χ1v) is 7.03. The molecule has 21 heavy (non-hydrogen) atoms. The highest BCUT2D eigenvalue weighted by atomic mass is 19.1. The average Bonchev–Trinajstić information content (AvgIpc) is 2.82. The predicted octanol–water partition coefficient (Wildman–Crippen LogP) is 4.98. The Labute approximate surface area is 122 Å². The molecular weight excluding hydrogens is 261 g/mol. The van der Waals surface area contributed by atoms with Gasteiger partial charge in [-0.05, 0) is 29.8 Å². The monoisotopic (exact) mass is 275 g/mol. The SMILES string of the molecule is Fc1ccc2c3ccccc3n(Cc3ccccc3)c2c1. The van der Waals surface area contributed by atoms with Crippen LogP contribution in [-0.2, 0) is 6.54 Å². The van der Waals surface area contributed by atoms with Crippen molar-refractivity contribution in [2.75, 3.05) is 0 Å². The molecule has 0 unspecified atom stereocenters. The standard InChI is InChI=1S/C19H14FN/c20-15-10-11-17-16-8-4-5-9-18(16)21(19(17)12-15)13-14-6-2-1-3-7-14/h1-12H,13H2. The summed E-state index contributed by atoms with van der Waals surface area (Å²) in [6.07, 6.45) is 0. The van der Waals surface area contributed by atoms with Gasteiger partial charge in [0.15, 0.2) is 0 Å². The highest BCUT2D eigenvalue weighted by Gasteiger charge is 2.11. The predicted molar refractivity (Wildman–Crippen MR) is 84.9 cm³/mol. The smallest absolute Gasteiger partial charge is 0.125 e. The largest absolute Gasteiger partial charge is 0.336 e. The van der Waals surface area contributed by atoms with Crippen molar-refractivity contribution in [2.45, 2.75) is 6.54 Å². The van der Waals surface area contributed by atoms with Crippen molar-refractivity contribution in [1.82, 2.24) is 4.57 Å². The van der Waals surface area contributed by atoms with Crippen molar-refractivity contribution >= 4 is 21.8 Å². The molecule has 102 valence electrons. The number of rotatable bonds is 2. The fourth-order valence-electron chi connectivity index (χ4n) is 2.96. The summed E-state index contributed by atoms with van der Waals surface area (Å²) in [7, 11) is 0. The molecule has 4 aromatic rings. The van der Waals surface area contributed by atoms with Crippen LogP contribution in [0.3, 0.4) is 0 Å². The summed E-state index contributed by atoms with van der Waals surface area (Å²) >= 11 is 0. The quantitative estimate of drug-likeness (QED) is 0.486. The number of fused-ring (bicyclic) bond motifs is 3. The molecule has 0 spiro atoms. The summed E-state index contributed by atoms with van der Waals surface area (Å²) in [6, 6.07) is 23.5. The van der Waals surface area contributed by atoms with Crippen molar-refractivity contribution < 1.29 is 4.39 Å². The Morgan fingerprint density at radius 1 is 0.714 bits per heavy atom. The number of hydrogen-bond donors (Lipinski definition) is 0. The Balaban J connectivity index is 2.02. The molecule has 4 rings (SSSR count). The summed E-state index contributed by atoms with van der Waals surface area (Å²) in [6.45, 7) is 0.744. The van der Waals surface area contributed by atoms with Crippen LogP contribution in [0.25, 0.3) is 21.8 Å². The van der Waals surface area contributed by atoms with Gasteiger partial charge < -0.3 is 4.57 Å². The van der Waals surface area contributed by atoms with Crippen molar-refractivity contribution in [3.05, 3.63) is 84.2 Å². The molecule has 0 atom stereocenters. The Morgan fingerprint density at radius 3 is 2.29 bits per heavy atom. The Morgan fingerprint density at radius 2 is 1.43 bits per heavy atom. The first kappa shape index (κ1) is 12.2. The minimum Gasteiger partial charge on any atom is -0.336 e. The molecular formula is C19H14FN. The van der Waals surface area contributed by atoms with Crippen molar-refractivity contribution in [1.29, 1.82) is 0 Å². The van der Waals surface area contributed by atoms with E-state index >= 15 is 0 Å². The van der Waals surface area contributed by atoms with Gasteiger partial charge in [-0.2, -0.15) is 0 Å². The van der Waals surface area contributed by atoms with E-state index in [0.717, 1.165) is 23.0 Å². The van der Waals surface area contributed by atoms with Gasteiger partial charge in [0.1, 0.15) is 5.82 Å². The van der Waals surface area contributed by atoms with Gasteiger partial charge in [0.05, 0.1) is 5.52 Å². The highest BCUT2D eigenvalue weighted by Crippen LogP contribution is 2.30. The van der Waals surface area contributed by atoms with Gasteiger partial charge in [0, 0.05) is 22.8 Å². The maximum atomic E-state index is 13.7. The number of aromatic nitrogens is 1. The third kappa shape index (κ3) is 2.00. The van der Waals surface area contributed by atoms with Crippen LogP contribution in [0.2, 0.25) is 0 Å². The molecule has 0 bridgehead atoms. The average molecular weight is 275 g/mol. The zero-order chi connectivity index (χ0) is 14.2. The molecule has 0 radical (unpaired) electrons. The zero-order valence-electron chi connectivity index (χ0n) is 11.5. The lowest BCUT2D eigenvalue weighted by Gasteiger charge is -2.07. The molecule has 0 fully saturated rings. The van der Waals surface area contributed by atoms with Gasteiger partial charge >= 0.3 is 0 Å². The number of nitrogens with zero attached hydrogens (tertiary/aromatic N) is 1. The molecule has 0 saturated carbocycles. The van der Waals surface area contributed by atoms with Crippen LogP contribution in [0.4, 0.5) is 4.39 Å². The third-order valence-corrected chi connectivity index (χ3v) is 3.92. The Kier molecular flexibility index (Phi) is 2.74. The molecule has 0 aliphatic heterocycles. The summed E-state index contributed by atoms with van der Waals surface area (Å²) in [5, 5.41) is 2.27. The van der Waals surface area contributed by atoms with Crippen molar-refractivity contribution in [2.24, 2.45) is 0 Å². The molecule has 0 saturated heterocycles. The second-order valence-corrected chi connectivity index (χ2v) is 5.25. The molecule has 3 aromatic carbocycles. The van der Waals surface area contributed by atoms with Crippen LogP contribution in [0.5, 0.6) is 0 Å². The second kappa shape index (κ2) is 4.74. The van der Waals surface area contributed by atoms with E-state index in [2.05, 4.69) is 28.8 Å². The van der Waals surface area contributed by atoms with E-state index < -0.39 is 0 Å². The topological polar surface area (TPSA) is 4.93 Å². The summed E-state index contributed by atoms with van der Waals surface area (Å²) < 4.78 is 15.9. The normalized spacial score (nSPS) is 11.3. The van der Waals surface area contributed by atoms with Crippen LogP contribution in [0.1, 0.15) is 5.56 Å².